The van der Waals surface area contributed by atoms with E-state index in [2.05, 4.69) is 0 Å². The normalized spacial score (nSPS) is 10.7. The van der Waals surface area contributed by atoms with Crippen LogP contribution >= 0.6 is 0 Å². The predicted octanol–water partition coefficient (Wildman–Crippen LogP) is 2.66. The van der Waals surface area contributed by atoms with Crippen molar-refractivity contribution in [2.75, 3.05) is 7.05 Å². The van der Waals surface area contributed by atoms with Gasteiger partial charge in [-0.2, -0.15) is 0 Å². The standard InChI is InChI=1S/C19H18N2O2/c1-20(13-15-7-3-2-4-8-15)18(22)14-21-12-11-16-9-5-6-10-17(16)19(21)23/h2-12H,13-14H2,1H3. The van der Waals surface area contributed by atoms with E-state index in [1.807, 2.05) is 54.6 Å². The Morgan fingerprint density at radius 3 is 2.48 bits per heavy atom. The summed E-state index contributed by atoms with van der Waals surface area (Å²) >= 11 is 0. The molecule has 0 radical (unpaired) electrons. The van der Waals surface area contributed by atoms with Gasteiger partial charge < -0.3 is 9.47 Å². The van der Waals surface area contributed by atoms with Crippen LogP contribution in [0.4, 0.5) is 0 Å². The van der Waals surface area contributed by atoms with Gasteiger partial charge in [-0.3, -0.25) is 9.59 Å². The highest BCUT2D eigenvalue weighted by Crippen LogP contribution is 2.08. The zero-order valence-corrected chi connectivity index (χ0v) is 13.0. The fourth-order valence-electron chi connectivity index (χ4n) is 2.57. The van der Waals surface area contributed by atoms with E-state index >= 15 is 0 Å². The number of nitrogens with zero attached hydrogens (tertiary/aromatic N) is 2. The molecule has 3 aromatic rings. The van der Waals surface area contributed by atoms with Crippen LogP contribution in [0.1, 0.15) is 5.56 Å². The summed E-state index contributed by atoms with van der Waals surface area (Å²) in [4.78, 5) is 26.4. The molecular formula is C19H18N2O2. The molecule has 4 heteroatoms. The van der Waals surface area contributed by atoms with Gasteiger partial charge in [0.25, 0.3) is 5.56 Å². The van der Waals surface area contributed by atoms with Crippen LogP contribution in [0.3, 0.4) is 0 Å². The van der Waals surface area contributed by atoms with Gasteiger partial charge in [0, 0.05) is 25.2 Å². The molecule has 0 aliphatic heterocycles. The average molecular weight is 306 g/mol. The van der Waals surface area contributed by atoms with E-state index in [-0.39, 0.29) is 18.0 Å². The lowest BCUT2D eigenvalue weighted by atomic mass is 10.2. The molecule has 3 rings (SSSR count). The minimum absolute atomic E-state index is 0.0486. The van der Waals surface area contributed by atoms with E-state index in [0.717, 1.165) is 10.9 Å². The topological polar surface area (TPSA) is 42.3 Å². The van der Waals surface area contributed by atoms with Crippen molar-refractivity contribution in [1.82, 2.24) is 9.47 Å². The highest BCUT2D eigenvalue weighted by atomic mass is 16.2. The molecule has 0 aliphatic rings. The Hall–Kier alpha value is -2.88. The lowest BCUT2D eigenvalue weighted by Gasteiger charge is -2.18. The first-order valence-electron chi connectivity index (χ1n) is 7.51. The number of benzene rings is 2. The maximum absolute atomic E-state index is 12.4. The Morgan fingerprint density at radius 2 is 1.70 bits per heavy atom. The fraction of sp³-hybridized carbons (Fsp3) is 0.158. The van der Waals surface area contributed by atoms with Crippen molar-refractivity contribution in [3.63, 3.8) is 0 Å². The number of hydrogen-bond acceptors (Lipinski definition) is 2. The van der Waals surface area contributed by atoms with Gasteiger partial charge in [-0.1, -0.05) is 48.5 Å². The van der Waals surface area contributed by atoms with E-state index in [1.54, 1.807) is 24.2 Å². The van der Waals surface area contributed by atoms with Crippen molar-refractivity contribution < 1.29 is 4.79 Å². The average Bonchev–Trinajstić information content (AvgIpc) is 2.58. The monoisotopic (exact) mass is 306 g/mol. The van der Waals surface area contributed by atoms with Crippen LogP contribution < -0.4 is 5.56 Å². The van der Waals surface area contributed by atoms with E-state index in [1.165, 1.54) is 4.57 Å². The Morgan fingerprint density at radius 1 is 1.00 bits per heavy atom. The molecule has 0 saturated heterocycles. The third-order valence-corrected chi connectivity index (χ3v) is 3.88. The third kappa shape index (κ3) is 3.31. The van der Waals surface area contributed by atoms with Crippen LogP contribution in [-0.2, 0) is 17.9 Å². The second kappa shape index (κ2) is 6.48. The summed E-state index contributed by atoms with van der Waals surface area (Å²) < 4.78 is 1.46. The van der Waals surface area contributed by atoms with Crippen LogP contribution in [0.25, 0.3) is 10.8 Å². The van der Waals surface area contributed by atoms with Crippen molar-refractivity contribution >= 4 is 16.7 Å². The van der Waals surface area contributed by atoms with Crippen LogP contribution in [0.2, 0.25) is 0 Å². The first-order chi connectivity index (χ1) is 11.1. The van der Waals surface area contributed by atoms with E-state index < -0.39 is 0 Å². The smallest absolute Gasteiger partial charge is 0.258 e. The number of likely N-dealkylation sites (N-methyl/N-ethyl adjacent to an activating group) is 1. The maximum Gasteiger partial charge on any atom is 0.258 e. The third-order valence-electron chi connectivity index (χ3n) is 3.88. The molecule has 0 saturated carbocycles. The Balaban J connectivity index is 1.77. The molecule has 0 spiro atoms. The summed E-state index contributed by atoms with van der Waals surface area (Å²) in [5, 5.41) is 1.52. The van der Waals surface area contributed by atoms with Gasteiger partial charge in [-0.15, -0.1) is 0 Å². The van der Waals surface area contributed by atoms with E-state index in [9.17, 15) is 9.59 Å². The SMILES string of the molecule is CN(Cc1ccccc1)C(=O)Cn1ccc2ccccc2c1=O. The molecule has 1 aromatic heterocycles. The van der Waals surface area contributed by atoms with Crippen molar-refractivity contribution in [1.29, 1.82) is 0 Å². The first kappa shape index (κ1) is 15.0. The number of amides is 1. The first-order valence-corrected chi connectivity index (χ1v) is 7.51. The van der Waals surface area contributed by atoms with Gasteiger partial charge in [0.05, 0.1) is 0 Å². The summed E-state index contributed by atoms with van der Waals surface area (Å²) in [6.45, 7) is 0.578. The second-order valence-corrected chi connectivity index (χ2v) is 5.57. The molecule has 0 N–H and O–H groups in total. The summed E-state index contributed by atoms with van der Waals surface area (Å²) in [5.74, 6) is -0.0914. The molecule has 1 amide bonds. The summed E-state index contributed by atoms with van der Waals surface area (Å²) in [5.41, 5.74) is 0.929. The molecule has 0 fully saturated rings. The number of fused-ring (bicyclic) bond motifs is 1. The highest BCUT2D eigenvalue weighted by Gasteiger charge is 2.11. The van der Waals surface area contributed by atoms with Crippen LogP contribution in [-0.4, -0.2) is 22.4 Å². The maximum atomic E-state index is 12.4. The molecule has 0 unspecified atom stereocenters. The molecule has 116 valence electrons. The number of hydrogen-bond donors (Lipinski definition) is 0. The van der Waals surface area contributed by atoms with Crippen LogP contribution in [0, 0.1) is 0 Å². The van der Waals surface area contributed by atoms with Crippen LogP contribution in [0.15, 0.2) is 71.7 Å². The number of rotatable bonds is 4. The van der Waals surface area contributed by atoms with Crippen molar-refractivity contribution in [2.24, 2.45) is 0 Å². The molecule has 0 bridgehead atoms. The van der Waals surface area contributed by atoms with Gasteiger partial charge in [-0.05, 0) is 23.1 Å². The van der Waals surface area contributed by atoms with Crippen molar-refractivity contribution in [2.45, 2.75) is 13.1 Å². The molecule has 4 nitrogen and oxygen atoms in total. The molecular weight excluding hydrogens is 288 g/mol. The number of pyridine rings is 1. The lowest BCUT2D eigenvalue weighted by Crippen LogP contribution is -2.33. The van der Waals surface area contributed by atoms with Crippen LogP contribution in [0.5, 0.6) is 0 Å². The second-order valence-electron chi connectivity index (χ2n) is 5.57. The van der Waals surface area contributed by atoms with Gasteiger partial charge in [-0.25, -0.2) is 0 Å². The summed E-state index contributed by atoms with van der Waals surface area (Å²) in [7, 11) is 1.75. The molecule has 2 aromatic carbocycles. The van der Waals surface area contributed by atoms with Gasteiger partial charge in [0.15, 0.2) is 0 Å². The van der Waals surface area contributed by atoms with Gasteiger partial charge in [0.1, 0.15) is 6.54 Å². The quantitative estimate of drug-likeness (QED) is 0.743. The van der Waals surface area contributed by atoms with Crippen molar-refractivity contribution in [3.8, 4) is 0 Å². The largest absolute Gasteiger partial charge is 0.340 e. The number of carbonyl (C=O) groups excluding carboxylic acids is 1. The minimum atomic E-state index is -0.135. The van der Waals surface area contributed by atoms with Gasteiger partial charge in [0.2, 0.25) is 5.91 Å². The lowest BCUT2D eigenvalue weighted by molar-refractivity contribution is -0.131. The number of carbonyl (C=O) groups is 1. The molecule has 0 aliphatic carbocycles. The Labute approximate surface area is 134 Å². The zero-order chi connectivity index (χ0) is 16.2. The van der Waals surface area contributed by atoms with Crippen molar-refractivity contribution in [3.05, 3.63) is 82.8 Å². The Kier molecular flexibility index (Phi) is 4.24. The minimum Gasteiger partial charge on any atom is -0.340 e. The summed E-state index contributed by atoms with van der Waals surface area (Å²) in [6.07, 6.45) is 1.68. The van der Waals surface area contributed by atoms with E-state index in [4.69, 9.17) is 0 Å². The summed E-state index contributed by atoms with van der Waals surface area (Å²) in [6, 6.07) is 19.1. The highest BCUT2D eigenvalue weighted by molar-refractivity contribution is 5.82. The predicted molar refractivity (Wildman–Crippen MR) is 91.1 cm³/mol. The molecule has 23 heavy (non-hydrogen) atoms. The van der Waals surface area contributed by atoms with Gasteiger partial charge >= 0.3 is 0 Å². The zero-order valence-electron chi connectivity index (χ0n) is 13.0. The fourth-order valence-corrected chi connectivity index (χ4v) is 2.57. The Bertz CT molecular complexity index is 885. The number of aromatic nitrogens is 1. The molecule has 1 heterocycles. The molecule has 0 atom stereocenters. The van der Waals surface area contributed by atoms with E-state index in [0.29, 0.717) is 11.9 Å².